The lowest BCUT2D eigenvalue weighted by Crippen LogP contribution is -2.51. The van der Waals surface area contributed by atoms with Crippen LogP contribution >= 0.6 is 0 Å². The summed E-state index contributed by atoms with van der Waals surface area (Å²) >= 11 is 0. The molecule has 0 spiro atoms. The van der Waals surface area contributed by atoms with Crippen LogP contribution in [0.5, 0.6) is 0 Å². The van der Waals surface area contributed by atoms with E-state index in [4.69, 9.17) is 0 Å². The fourth-order valence-electron chi connectivity index (χ4n) is 3.02. The van der Waals surface area contributed by atoms with Gasteiger partial charge in [-0.05, 0) is 18.0 Å². The minimum atomic E-state index is 0. The average Bonchev–Trinajstić information content (AvgIpc) is 2.49. The van der Waals surface area contributed by atoms with Crippen LogP contribution in [0, 0.1) is 5.92 Å². The molecule has 1 saturated heterocycles. The lowest BCUT2D eigenvalue weighted by atomic mass is 10.0. The summed E-state index contributed by atoms with van der Waals surface area (Å²) in [6, 6.07) is 11.4. The number of nitrogens with one attached hydrogen (secondary N) is 1. The van der Waals surface area contributed by atoms with Gasteiger partial charge in [-0.25, -0.2) is 0 Å². The highest BCUT2D eigenvalue weighted by atomic mass is 15.3. The first-order chi connectivity index (χ1) is 10.2. The van der Waals surface area contributed by atoms with Gasteiger partial charge >= 0.3 is 0 Å². The number of benzene rings is 1. The van der Waals surface area contributed by atoms with Crippen LogP contribution in [0.1, 0.15) is 27.8 Å². The quantitative estimate of drug-likeness (QED) is 0.833. The minimum Gasteiger partial charge on any atom is -0.313 e. The second-order valence-electron chi connectivity index (χ2n) is 6.47. The van der Waals surface area contributed by atoms with Crippen molar-refractivity contribution >= 4 is 0 Å². The van der Waals surface area contributed by atoms with E-state index in [1.54, 1.807) is 0 Å². The Bertz CT molecular complexity index is 389. The lowest BCUT2D eigenvalue weighted by molar-refractivity contribution is 0.112. The standard InChI is InChI=1S/C18H31N3.H2/c1-4-19-18(16(2)3)15-21-12-10-20(11-13-21)14-17-8-6-5-7-9-17;/h5-9,16,18-19H,4,10-15H2,1-3H3;1H/t18-;/m0./s1. The van der Waals surface area contributed by atoms with Crippen molar-refractivity contribution in [3.8, 4) is 0 Å². The monoisotopic (exact) mass is 291 g/mol. The third-order valence-electron chi connectivity index (χ3n) is 4.44. The Kier molecular flexibility index (Phi) is 6.68. The second kappa shape index (κ2) is 8.52. The van der Waals surface area contributed by atoms with E-state index in [0.29, 0.717) is 12.0 Å². The number of likely N-dealkylation sites (N-methyl/N-ethyl adjacent to an activating group) is 1. The number of nitrogens with zero attached hydrogens (tertiary/aromatic N) is 2. The van der Waals surface area contributed by atoms with Gasteiger partial charge in [0, 0.05) is 46.7 Å². The third-order valence-corrected chi connectivity index (χ3v) is 4.44. The molecule has 0 radical (unpaired) electrons. The van der Waals surface area contributed by atoms with Gasteiger partial charge in [-0.15, -0.1) is 0 Å². The Hall–Kier alpha value is -0.900. The van der Waals surface area contributed by atoms with E-state index < -0.39 is 0 Å². The van der Waals surface area contributed by atoms with E-state index in [0.717, 1.165) is 13.1 Å². The topological polar surface area (TPSA) is 18.5 Å². The van der Waals surface area contributed by atoms with Crippen molar-refractivity contribution in [3.05, 3.63) is 35.9 Å². The molecule has 1 N–H and O–H groups in total. The van der Waals surface area contributed by atoms with Gasteiger partial charge in [0.1, 0.15) is 0 Å². The first kappa shape index (κ1) is 16.5. The molecule has 0 unspecified atom stereocenters. The van der Waals surface area contributed by atoms with Crippen LogP contribution in [0.2, 0.25) is 0 Å². The van der Waals surface area contributed by atoms with Crippen LogP contribution in [-0.4, -0.2) is 55.1 Å². The van der Waals surface area contributed by atoms with Gasteiger partial charge in [-0.2, -0.15) is 0 Å². The molecule has 3 nitrogen and oxygen atoms in total. The van der Waals surface area contributed by atoms with E-state index >= 15 is 0 Å². The Labute approximate surface area is 131 Å². The molecule has 21 heavy (non-hydrogen) atoms. The van der Waals surface area contributed by atoms with E-state index in [9.17, 15) is 0 Å². The van der Waals surface area contributed by atoms with Crippen LogP contribution in [0.3, 0.4) is 0 Å². The molecule has 3 heteroatoms. The summed E-state index contributed by atoms with van der Waals surface area (Å²) in [5.41, 5.74) is 1.43. The number of hydrogen-bond donors (Lipinski definition) is 1. The summed E-state index contributed by atoms with van der Waals surface area (Å²) in [6.45, 7) is 14.9. The molecular formula is C18H33N3. The van der Waals surface area contributed by atoms with Crippen LogP contribution in [-0.2, 0) is 6.54 Å². The molecule has 1 aromatic rings. The summed E-state index contributed by atoms with van der Waals surface area (Å²) in [4.78, 5) is 5.19. The van der Waals surface area contributed by atoms with Crippen LogP contribution in [0.15, 0.2) is 30.3 Å². The van der Waals surface area contributed by atoms with Gasteiger partial charge in [0.25, 0.3) is 0 Å². The van der Waals surface area contributed by atoms with Crippen molar-refractivity contribution < 1.29 is 1.43 Å². The zero-order chi connectivity index (χ0) is 15.1. The van der Waals surface area contributed by atoms with Crippen molar-refractivity contribution in [2.45, 2.75) is 33.4 Å². The summed E-state index contributed by atoms with van der Waals surface area (Å²) < 4.78 is 0. The smallest absolute Gasteiger partial charge is 0.0234 e. The fraction of sp³-hybridized carbons (Fsp3) is 0.667. The number of hydrogen-bond acceptors (Lipinski definition) is 3. The SMILES string of the molecule is CCN[C@@H](CN1CCN(Cc2ccccc2)CC1)C(C)C.[HH]. The zero-order valence-corrected chi connectivity index (χ0v) is 13.9. The van der Waals surface area contributed by atoms with Crippen molar-refractivity contribution in [1.82, 2.24) is 15.1 Å². The van der Waals surface area contributed by atoms with Gasteiger partial charge in [-0.1, -0.05) is 51.1 Å². The number of piperazine rings is 1. The molecule has 1 fully saturated rings. The second-order valence-corrected chi connectivity index (χ2v) is 6.47. The summed E-state index contributed by atoms with van der Waals surface area (Å²) in [5, 5.41) is 3.63. The largest absolute Gasteiger partial charge is 0.313 e. The van der Waals surface area contributed by atoms with Crippen molar-refractivity contribution in [1.29, 1.82) is 0 Å². The first-order valence-electron chi connectivity index (χ1n) is 8.41. The maximum Gasteiger partial charge on any atom is 0.0234 e. The molecule has 0 aliphatic carbocycles. The van der Waals surface area contributed by atoms with Crippen LogP contribution < -0.4 is 5.32 Å². The van der Waals surface area contributed by atoms with Gasteiger partial charge in [0.05, 0.1) is 0 Å². The molecule has 1 atom stereocenters. The van der Waals surface area contributed by atoms with E-state index in [1.807, 2.05) is 0 Å². The highest BCUT2D eigenvalue weighted by Gasteiger charge is 2.21. The molecule has 0 aromatic heterocycles. The molecule has 2 rings (SSSR count). The van der Waals surface area contributed by atoms with E-state index in [1.165, 1.54) is 38.3 Å². The average molecular weight is 291 g/mol. The van der Waals surface area contributed by atoms with Crippen molar-refractivity contribution in [3.63, 3.8) is 0 Å². The van der Waals surface area contributed by atoms with Gasteiger partial charge in [0.15, 0.2) is 0 Å². The predicted molar refractivity (Wildman–Crippen MR) is 92.6 cm³/mol. The van der Waals surface area contributed by atoms with Crippen molar-refractivity contribution in [2.75, 3.05) is 39.3 Å². The summed E-state index contributed by atoms with van der Waals surface area (Å²) in [6.07, 6.45) is 0. The molecule has 1 aromatic carbocycles. The lowest BCUT2D eigenvalue weighted by Gasteiger charge is -2.37. The van der Waals surface area contributed by atoms with Crippen LogP contribution in [0.25, 0.3) is 0 Å². The molecule has 0 bridgehead atoms. The highest BCUT2D eigenvalue weighted by molar-refractivity contribution is 5.14. The molecular weight excluding hydrogens is 258 g/mol. The van der Waals surface area contributed by atoms with Crippen molar-refractivity contribution in [2.24, 2.45) is 5.92 Å². The molecule has 1 heterocycles. The highest BCUT2D eigenvalue weighted by Crippen LogP contribution is 2.10. The Morgan fingerprint density at radius 3 is 2.24 bits per heavy atom. The number of rotatable bonds is 7. The first-order valence-corrected chi connectivity index (χ1v) is 8.41. The zero-order valence-electron chi connectivity index (χ0n) is 13.9. The summed E-state index contributed by atoms with van der Waals surface area (Å²) in [5.74, 6) is 0.701. The predicted octanol–water partition coefficient (Wildman–Crippen LogP) is 2.68. The Morgan fingerprint density at radius 1 is 1.05 bits per heavy atom. The Balaban J connectivity index is 0.00000242. The fourth-order valence-corrected chi connectivity index (χ4v) is 3.02. The van der Waals surface area contributed by atoms with E-state index in [-0.39, 0.29) is 1.43 Å². The normalized spacial score (nSPS) is 19.0. The molecule has 0 saturated carbocycles. The third kappa shape index (κ3) is 5.42. The summed E-state index contributed by atoms with van der Waals surface area (Å²) in [7, 11) is 0. The van der Waals surface area contributed by atoms with Gasteiger partial charge in [-0.3, -0.25) is 9.80 Å². The molecule has 120 valence electrons. The molecule has 1 aliphatic heterocycles. The maximum absolute atomic E-state index is 3.63. The maximum atomic E-state index is 3.63. The van der Waals surface area contributed by atoms with Gasteiger partial charge < -0.3 is 5.32 Å². The minimum absolute atomic E-state index is 0. The van der Waals surface area contributed by atoms with Gasteiger partial charge in [0.2, 0.25) is 0 Å². The van der Waals surface area contributed by atoms with E-state index in [2.05, 4.69) is 66.2 Å². The molecule has 0 amide bonds. The van der Waals surface area contributed by atoms with Crippen LogP contribution in [0.4, 0.5) is 0 Å². The Morgan fingerprint density at radius 2 is 1.67 bits per heavy atom. The molecule has 1 aliphatic rings.